The molecule has 0 aromatic rings. The Morgan fingerprint density at radius 1 is 1.30 bits per heavy atom. The summed E-state index contributed by atoms with van der Waals surface area (Å²) in [7, 11) is 0. The molecule has 0 aliphatic carbocycles. The van der Waals surface area contributed by atoms with Gasteiger partial charge in [0.25, 0.3) is 0 Å². The first kappa shape index (κ1) is 69.8. The summed E-state index contributed by atoms with van der Waals surface area (Å²) in [6, 6.07) is 0. The van der Waals surface area contributed by atoms with E-state index in [0.29, 0.717) is 6.54 Å². The molecular formula is C12H32Cl2N6Na2O2S6. The van der Waals surface area contributed by atoms with Crippen molar-refractivity contribution in [3.8, 4) is 0 Å². The van der Waals surface area contributed by atoms with E-state index in [0.717, 1.165) is 27.6 Å². The Morgan fingerprint density at radius 3 is 1.87 bits per heavy atom. The first-order chi connectivity index (χ1) is 10.7. The van der Waals surface area contributed by atoms with Crippen molar-refractivity contribution in [3.63, 3.8) is 0 Å². The van der Waals surface area contributed by atoms with E-state index >= 15 is 0 Å². The molecule has 30 heavy (non-hydrogen) atoms. The van der Waals surface area contributed by atoms with Gasteiger partial charge in [0.05, 0.1) is 6.54 Å². The second-order valence-electron chi connectivity index (χ2n) is 2.65. The molecule has 0 fully saturated rings. The quantitative estimate of drug-likeness (QED) is 0.0591. The van der Waals surface area contributed by atoms with E-state index in [4.69, 9.17) is 18.9 Å². The Balaban J connectivity index is -0.0000000176. The predicted molar refractivity (Wildman–Crippen MR) is 143 cm³/mol. The number of aliphatic imine (C=N–C) groups is 1. The van der Waals surface area contributed by atoms with Crippen LogP contribution in [0.25, 0.3) is 9.91 Å². The number of thiol groups is 2. The number of nitrogens with one attached hydrogen (secondary N) is 1. The molecule has 1 rings (SSSR count). The van der Waals surface area contributed by atoms with Gasteiger partial charge in [0.2, 0.25) is 9.54 Å². The van der Waals surface area contributed by atoms with Gasteiger partial charge in [0, 0.05) is 18.1 Å². The molecule has 0 bridgehead atoms. The SMILES string of the molecule is C.CS.Cl.NCCS.O.S.[C-]#[N+]N=C(SC)SC.[C-]#[N+]NC1=NCCS1.[Cl-].[Na+].[Na+].[OH-]. The summed E-state index contributed by atoms with van der Waals surface area (Å²) >= 11 is 11.9. The van der Waals surface area contributed by atoms with Crippen LogP contribution in [0.3, 0.4) is 0 Å². The zero-order valence-corrected chi connectivity index (χ0v) is 27.9. The minimum atomic E-state index is 0. The first-order valence-electron chi connectivity index (χ1n) is 5.77. The number of thioether (sulfide) groups is 3. The van der Waals surface area contributed by atoms with Crippen LogP contribution >= 0.6 is 86.4 Å². The third-order valence-electron chi connectivity index (χ3n) is 1.35. The summed E-state index contributed by atoms with van der Waals surface area (Å²) in [4.78, 5) is 9.82. The number of hydrogen-bond donors (Lipinski definition) is 4. The zero-order valence-electron chi connectivity index (χ0n) is 17.0. The topological polar surface area (TPSA) is 133 Å². The monoisotopic (exact) mass is 600 g/mol. The standard InChI is InChI=1S/C4H5N3S.C4H6N2S2.C2H7NS.CH4S.CH4.2ClH.2Na.2H2O.H2S/c1-5-7-4-6-2-3-8-4;1-5-6-4(7-2)8-3;3-1-2-4;1-2;;;;;;;;/h2-3H2,(H,6,7);2-3H3;4H,1-3H2;2H,1H3;1H4;2*1H;;;3*1H2/q;;;;;;;2*+1;;;/p-2. The molecule has 0 spiro atoms. The second kappa shape index (κ2) is 69.7. The Kier molecular flexibility index (Phi) is 162. The van der Waals surface area contributed by atoms with Gasteiger partial charge in [-0.1, -0.05) is 48.1 Å². The van der Waals surface area contributed by atoms with Crippen LogP contribution in [-0.4, -0.2) is 63.9 Å². The van der Waals surface area contributed by atoms with E-state index in [1.807, 2.05) is 12.5 Å². The van der Waals surface area contributed by atoms with Crippen LogP contribution in [0, 0.1) is 13.1 Å². The molecule has 0 aromatic carbocycles. The summed E-state index contributed by atoms with van der Waals surface area (Å²) in [5, 5.41) is 4.26. The van der Waals surface area contributed by atoms with Gasteiger partial charge >= 0.3 is 59.1 Å². The van der Waals surface area contributed by atoms with Crippen molar-refractivity contribution < 1.29 is 82.5 Å². The van der Waals surface area contributed by atoms with E-state index in [9.17, 15) is 0 Å². The molecule has 18 heteroatoms. The summed E-state index contributed by atoms with van der Waals surface area (Å²) in [5.74, 6) is 1.80. The van der Waals surface area contributed by atoms with Crippen molar-refractivity contribution >= 4 is 96.0 Å². The number of rotatable bonds is 1. The molecule has 6 N–H and O–H groups in total. The Bertz CT molecular complexity index is 400. The van der Waals surface area contributed by atoms with Gasteiger partial charge in [0.15, 0.2) is 0 Å². The number of nitrogens with zero attached hydrogens (tertiary/aromatic N) is 4. The molecule has 0 unspecified atom stereocenters. The zero-order chi connectivity index (χ0) is 17.6. The fourth-order valence-electron chi connectivity index (χ4n) is 0.656. The smallest absolute Gasteiger partial charge is 1.00 e. The average Bonchev–Trinajstić information content (AvgIpc) is 3.09. The van der Waals surface area contributed by atoms with Crippen molar-refractivity contribution in [2.45, 2.75) is 7.43 Å². The number of hydrogen-bond acceptors (Lipinski definition) is 10. The van der Waals surface area contributed by atoms with E-state index in [1.165, 1.54) is 23.5 Å². The van der Waals surface area contributed by atoms with Crippen LogP contribution < -0.4 is 82.7 Å². The van der Waals surface area contributed by atoms with Crippen molar-refractivity contribution in [3.05, 3.63) is 23.1 Å². The van der Waals surface area contributed by atoms with Gasteiger partial charge in [-0.3, -0.25) is 4.99 Å². The molecule has 8 nitrogen and oxygen atoms in total. The maximum atomic E-state index is 6.39. The van der Waals surface area contributed by atoms with Crippen LogP contribution in [0.1, 0.15) is 7.43 Å². The number of amidine groups is 1. The Morgan fingerprint density at radius 2 is 1.70 bits per heavy atom. The minimum absolute atomic E-state index is 0. The van der Waals surface area contributed by atoms with Crippen molar-refractivity contribution in [2.24, 2.45) is 15.8 Å². The van der Waals surface area contributed by atoms with Crippen molar-refractivity contribution in [1.82, 2.24) is 5.43 Å². The number of halogens is 2. The van der Waals surface area contributed by atoms with Gasteiger partial charge in [-0.2, -0.15) is 56.9 Å². The van der Waals surface area contributed by atoms with Crippen molar-refractivity contribution in [1.29, 1.82) is 0 Å². The molecule has 0 radical (unpaired) electrons. The summed E-state index contributed by atoms with van der Waals surface area (Å²) in [6.45, 7) is 14.3. The van der Waals surface area contributed by atoms with Crippen LogP contribution in [0.2, 0.25) is 0 Å². The summed E-state index contributed by atoms with van der Waals surface area (Å²) < 4.78 is 0.819. The Hall–Kier alpha value is 2.68. The predicted octanol–water partition coefficient (Wildman–Crippen LogP) is -5.98. The van der Waals surface area contributed by atoms with E-state index in [1.54, 1.807) is 18.0 Å². The molecule has 1 aliphatic rings. The molecule has 0 saturated heterocycles. The third kappa shape index (κ3) is 63.2. The number of nitrogens with two attached hydrogens (primary N) is 1. The molecule has 0 amide bonds. The summed E-state index contributed by atoms with van der Waals surface area (Å²) in [5.41, 5.74) is 7.40. The average molecular weight is 602 g/mol. The van der Waals surface area contributed by atoms with Gasteiger partial charge in [-0.05, 0) is 18.8 Å². The Labute approximate surface area is 270 Å². The largest absolute Gasteiger partial charge is 1.00 e. The second-order valence-corrected chi connectivity index (χ2v) is 6.02. The maximum Gasteiger partial charge on any atom is 1.00 e. The molecule has 0 atom stereocenters. The molecule has 1 aliphatic heterocycles. The third-order valence-corrected chi connectivity index (χ3v) is 4.35. The molecule has 1 heterocycles. The van der Waals surface area contributed by atoms with Crippen LogP contribution in [0.4, 0.5) is 0 Å². The van der Waals surface area contributed by atoms with Crippen LogP contribution in [0.15, 0.2) is 10.1 Å². The summed E-state index contributed by atoms with van der Waals surface area (Å²) in [6.07, 6.45) is 5.50. The fraction of sp³-hybridized carbons (Fsp3) is 0.667. The molecule has 174 valence electrons. The van der Waals surface area contributed by atoms with E-state index in [2.05, 4.69) is 50.7 Å². The molecular weight excluding hydrogens is 569 g/mol. The van der Waals surface area contributed by atoms with E-state index < -0.39 is 0 Å². The first-order valence-corrected chi connectivity index (χ1v) is 10.7. The minimum Gasteiger partial charge on any atom is -1.00 e. The van der Waals surface area contributed by atoms with Gasteiger partial charge in [0.1, 0.15) is 5.10 Å². The van der Waals surface area contributed by atoms with E-state index in [-0.39, 0.29) is 116 Å². The fourth-order valence-corrected chi connectivity index (χ4v) is 2.24. The van der Waals surface area contributed by atoms with Crippen molar-refractivity contribution in [2.75, 3.05) is 43.4 Å². The normalized spacial score (nSPS) is 7.80. The van der Waals surface area contributed by atoms with Crippen LogP contribution in [0.5, 0.6) is 0 Å². The van der Waals surface area contributed by atoms with Gasteiger partial charge in [-0.15, -0.1) is 17.4 Å². The van der Waals surface area contributed by atoms with Gasteiger partial charge < -0.3 is 29.1 Å². The maximum absolute atomic E-state index is 6.39. The van der Waals surface area contributed by atoms with Gasteiger partial charge in [-0.25, -0.2) is 0 Å². The van der Waals surface area contributed by atoms with Crippen LogP contribution in [-0.2, 0) is 0 Å². The molecule has 0 aromatic heterocycles. The molecule has 0 saturated carbocycles.